The van der Waals surface area contributed by atoms with Crippen LogP contribution in [0.5, 0.6) is 0 Å². The van der Waals surface area contributed by atoms with Gasteiger partial charge in [0.1, 0.15) is 0 Å². The van der Waals surface area contributed by atoms with Crippen molar-refractivity contribution in [3.63, 3.8) is 0 Å². The Labute approximate surface area is 120 Å². The van der Waals surface area contributed by atoms with Crippen molar-refractivity contribution in [1.29, 1.82) is 0 Å². The van der Waals surface area contributed by atoms with Gasteiger partial charge in [-0.05, 0) is 25.1 Å². The summed E-state index contributed by atoms with van der Waals surface area (Å²) in [7, 11) is 1.70. The average Bonchev–Trinajstić information content (AvgIpc) is 2.54. The minimum Gasteiger partial charge on any atom is -0.394 e. The highest BCUT2D eigenvalue weighted by atomic mass is 35.5. The molecule has 1 aromatic carbocycles. The monoisotopic (exact) mass is 298 g/mol. The fourth-order valence-electron chi connectivity index (χ4n) is 1.69. The number of aryl methyl sites for hydroxylation is 2. The van der Waals surface area contributed by atoms with E-state index in [0.717, 1.165) is 0 Å². The second-order valence-electron chi connectivity index (χ2n) is 4.08. The Morgan fingerprint density at radius 1 is 1.32 bits per heavy atom. The third kappa shape index (κ3) is 2.83. The van der Waals surface area contributed by atoms with Crippen molar-refractivity contribution in [2.75, 3.05) is 11.1 Å². The number of nitrogens with one attached hydrogen (secondary N) is 1. The molecule has 3 N–H and O–H groups in total. The molecule has 19 heavy (non-hydrogen) atoms. The van der Waals surface area contributed by atoms with Crippen LogP contribution in [-0.2, 0) is 7.05 Å². The van der Waals surface area contributed by atoms with Gasteiger partial charge < -0.3 is 11.1 Å². The number of nitrogens with two attached hydrogens (primary N) is 1. The lowest BCUT2D eigenvalue weighted by molar-refractivity contribution is 0.102. The van der Waals surface area contributed by atoms with E-state index in [1.54, 1.807) is 20.0 Å². The van der Waals surface area contributed by atoms with E-state index < -0.39 is 0 Å². The molecule has 0 saturated carbocycles. The minimum atomic E-state index is -0.348. The number of halogens is 2. The molecule has 2 aromatic rings. The average molecular weight is 299 g/mol. The third-order valence-electron chi connectivity index (χ3n) is 2.63. The van der Waals surface area contributed by atoms with Crippen molar-refractivity contribution in [3.05, 3.63) is 39.5 Å². The van der Waals surface area contributed by atoms with Crippen LogP contribution in [-0.4, -0.2) is 15.7 Å². The first-order valence-corrected chi connectivity index (χ1v) is 6.20. The number of hydrogen-bond acceptors (Lipinski definition) is 3. The molecule has 1 aromatic heterocycles. The van der Waals surface area contributed by atoms with Gasteiger partial charge >= 0.3 is 0 Å². The third-order valence-corrected chi connectivity index (χ3v) is 3.06. The largest absolute Gasteiger partial charge is 0.394 e. The molecule has 1 heterocycles. The van der Waals surface area contributed by atoms with Crippen molar-refractivity contribution in [2.45, 2.75) is 6.92 Å². The number of aromatic nitrogens is 2. The number of carbonyl (C=O) groups excluding carboxylic acids is 1. The SMILES string of the molecule is Cc1nn(C)c(NC(=O)c2cc(Cl)cc(Cl)c2)c1N. The van der Waals surface area contributed by atoms with Crippen LogP contribution in [0.25, 0.3) is 0 Å². The first-order valence-electron chi connectivity index (χ1n) is 5.45. The summed E-state index contributed by atoms with van der Waals surface area (Å²) in [6.07, 6.45) is 0. The Bertz CT molecular complexity index is 631. The van der Waals surface area contributed by atoms with Gasteiger partial charge in [0.05, 0.1) is 11.4 Å². The fourth-order valence-corrected chi connectivity index (χ4v) is 2.21. The molecule has 7 heteroatoms. The van der Waals surface area contributed by atoms with Gasteiger partial charge in [-0.15, -0.1) is 0 Å². The number of nitrogens with zero attached hydrogens (tertiary/aromatic N) is 2. The molecule has 0 atom stereocenters. The normalized spacial score (nSPS) is 10.5. The highest BCUT2D eigenvalue weighted by Crippen LogP contribution is 2.23. The summed E-state index contributed by atoms with van der Waals surface area (Å²) in [6, 6.07) is 4.62. The highest BCUT2D eigenvalue weighted by molar-refractivity contribution is 6.35. The van der Waals surface area contributed by atoms with E-state index in [0.29, 0.717) is 32.8 Å². The fraction of sp³-hybridized carbons (Fsp3) is 0.167. The van der Waals surface area contributed by atoms with Gasteiger partial charge in [-0.1, -0.05) is 23.2 Å². The lowest BCUT2D eigenvalue weighted by Crippen LogP contribution is -2.15. The van der Waals surface area contributed by atoms with Gasteiger partial charge in [0.25, 0.3) is 5.91 Å². The molecule has 0 aliphatic heterocycles. The summed E-state index contributed by atoms with van der Waals surface area (Å²) in [5, 5.41) is 7.60. The Kier molecular flexibility index (Phi) is 3.68. The van der Waals surface area contributed by atoms with E-state index in [2.05, 4.69) is 10.4 Å². The molecule has 5 nitrogen and oxygen atoms in total. The molecule has 0 fully saturated rings. The van der Waals surface area contributed by atoms with E-state index in [-0.39, 0.29) is 5.91 Å². The van der Waals surface area contributed by atoms with Crippen LogP contribution in [0.4, 0.5) is 11.5 Å². The zero-order valence-corrected chi connectivity index (χ0v) is 11.9. The molecule has 1 amide bonds. The number of carbonyl (C=O) groups is 1. The summed E-state index contributed by atoms with van der Waals surface area (Å²) in [4.78, 5) is 12.1. The van der Waals surface area contributed by atoms with Gasteiger partial charge in [0.2, 0.25) is 0 Å². The molecule has 0 radical (unpaired) electrons. The molecule has 0 aliphatic rings. The van der Waals surface area contributed by atoms with Crippen molar-refractivity contribution < 1.29 is 4.79 Å². The first-order chi connectivity index (χ1) is 8.88. The summed E-state index contributed by atoms with van der Waals surface area (Å²) in [6.45, 7) is 1.77. The van der Waals surface area contributed by atoms with E-state index in [9.17, 15) is 4.79 Å². The summed E-state index contributed by atoms with van der Waals surface area (Å²) in [5.74, 6) is 0.0951. The quantitative estimate of drug-likeness (QED) is 0.895. The predicted molar refractivity (Wildman–Crippen MR) is 76.8 cm³/mol. The van der Waals surface area contributed by atoms with E-state index in [1.165, 1.54) is 16.8 Å². The van der Waals surface area contributed by atoms with Gasteiger partial charge in [-0.2, -0.15) is 5.10 Å². The predicted octanol–water partition coefficient (Wildman–Crippen LogP) is 2.87. The zero-order valence-electron chi connectivity index (χ0n) is 10.4. The molecule has 0 bridgehead atoms. The molecule has 0 spiro atoms. The summed E-state index contributed by atoms with van der Waals surface area (Å²) < 4.78 is 1.51. The number of hydrogen-bond donors (Lipinski definition) is 2. The van der Waals surface area contributed by atoms with Crippen LogP contribution in [0.1, 0.15) is 16.1 Å². The van der Waals surface area contributed by atoms with Crippen LogP contribution in [0, 0.1) is 6.92 Å². The first kappa shape index (κ1) is 13.7. The number of amides is 1. The number of nitrogen functional groups attached to an aromatic ring is 1. The Morgan fingerprint density at radius 3 is 2.37 bits per heavy atom. The molecule has 2 rings (SSSR count). The van der Waals surface area contributed by atoms with Crippen LogP contribution in [0.15, 0.2) is 18.2 Å². The molecular formula is C12H12Cl2N4O. The van der Waals surface area contributed by atoms with E-state index in [4.69, 9.17) is 28.9 Å². The lowest BCUT2D eigenvalue weighted by Gasteiger charge is -2.07. The second-order valence-corrected chi connectivity index (χ2v) is 4.96. The van der Waals surface area contributed by atoms with E-state index >= 15 is 0 Å². The standard InChI is InChI=1S/C12H12Cl2N4O/c1-6-10(15)11(18(2)17-6)16-12(19)7-3-8(13)5-9(14)4-7/h3-5H,15H2,1-2H3,(H,16,19). The van der Waals surface area contributed by atoms with Gasteiger partial charge in [0, 0.05) is 22.7 Å². The van der Waals surface area contributed by atoms with Gasteiger partial charge in [0.15, 0.2) is 5.82 Å². The van der Waals surface area contributed by atoms with Crippen LogP contribution in [0.3, 0.4) is 0 Å². The Morgan fingerprint density at radius 2 is 1.89 bits per heavy atom. The molecule has 0 saturated heterocycles. The minimum absolute atomic E-state index is 0.348. The van der Waals surface area contributed by atoms with Crippen LogP contribution >= 0.6 is 23.2 Å². The number of benzene rings is 1. The van der Waals surface area contributed by atoms with Crippen molar-refractivity contribution in [3.8, 4) is 0 Å². The Balaban J connectivity index is 2.30. The maximum atomic E-state index is 12.1. The van der Waals surface area contributed by atoms with Gasteiger partial charge in [-0.25, -0.2) is 0 Å². The number of anilines is 2. The van der Waals surface area contributed by atoms with Crippen molar-refractivity contribution in [1.82, 2.24) is 9.78 Å². The van der Waals surface area contributed by atoms with Crippen molar-refractivity contribution >= 4 is 40.6 Å². The van der Waals surface area contributed by atoms with Crippen molar-refractivity contribution in [2.24, 2.45) is 7.05 Å². The molecule has 0 aliphatic carbocycles. The lowest BCUT2D eigenvalue weighted by atomic mass is 10.2. The molecular weight excluding hydrogens is 287 g/mol. The van der Waals surface area contributed by atoms with E-state index in [1.807, 2.05) is 0 Å². The molecule has 100 valence electrons. The summed E-state index contributed by atoms with van der Waals surface area (Å²) in [5.41, 5.74) is 7.29. The highest BCUT2D eigenvalue weighted by Gasteiger charge is 2.15. The Hall–Kier alpha value is -1.72. The second kappa shape index (κ2) is 5.11. The number of rotatable bonds is 2. The topological polar surface area (TPSA) is 72.9 Å². The molecule has 0 unspecified atom stereocenters. The van der Waals surface area contributed by atoms with Gasteiger partial charge in [-0.3, -0.25) is 9.48 Å². The summed E-state index contributed by atoms with van der Waals surface area (Å²) >= 11 is 11.7. The van der Waals surface area contributed by atoms with Crippen LogP contribution in [0.2, 0.25) is 10.0 Å². The van der Waals surface area contributed by atoms with Crippen LogP contribution < -0.4 is 11.1 Å². The maximum absolute atomic E-state index is 12.1. The smallest absolute Gasteiger partial charge is 0.256 e. The maximum Gasteiger partial charge on any atom is 0.256 e. The zero-order chi connectivity index (χ0) is 14.2.